The molecule has 3 nitrogen and oxygen atoms in total. The summed E-state index contributed by atoms with van der Waals surface area (Å²) in [6, 6.07) is 5.89. The summed E-state index contributed by atoms with van der Waals surface area (Å²) in [5.41, 5.74) is 2.04. The van der Waals surface area contributed by atoms with Crippen molar-refractivity contribution in [1.29, 1.82) is 0 Å². The average molecular weight is 305 g/mol. The van der Waals surface area contributed by atoms with Gasteiger partial charge in [-0.2, -0.15) is 0 Å². The molecular formula is C15H15NO2S2. The maximum absolute atomic E-state index is 8.74. The summed E-state index contributed by atoms with van der Waals surface area (Å²) in [4.78, 5) is 4.25. The van der Waals surface area contributed by atoms with Crippen LogP contribution in [0.25, 0.3) is 0 Å². The third-order valence-corrected chi connectivity index (χ3v) is 4.53. The Morgan fingerprint density at radius 1 is 1.45 bits per heavy atom. The van der Waals surface area contributed by atoms with Gasteiger partial charge in [-0.05, 0) is 18.2 Å². The minimum absolute atomic E-state index is 0.0932. The van der Waals surface area contributed by atoms with Gasteiger partial charge in [-0.1, -0.05) is 23.6 Å². The maximum Gasteiger partial charge on any atom is 0.150 e. The molecule has 0 radical (unpaired) electrons. The highest BCUT2D eigenvalue weighted by molar-refractivity contribution is 8.00. The Balaban J connectivity index is 2.12. The number of benzene rings is 1. The van der Waals surface area contributed by atoms with E-state index in [4.69, 9.17) is 9.84 Å². The van der Waals surface area contributed by atoms with Gasteiger partial charge in [0.25, 0.3) is 0 Å². The first-order valence-corrected chi connectivity index (χ1v) is 7.99. The van der Waals surface area contributed by atoms with E-state index in [0.29, 0.717) is 6.42 Å². The van der Waals surface area contributed by atoms with Crippen LogP contribution < -0.4 is 4.74 Å². The molecular weight excluding hydrogens is 290 g/mol. The Labute approximate surface area is 127 Å². The van der Waals surface area contributed by atoms with Crippen molar-refractivity contribution in [2.45, 2.75) is 16.5 Å². The molecule has 0 unspecified atom stereocenters. The zero-order valence-electron chi connectivity index (χ0n) is 11.1. The first-order valence-electron chi connectivity index (χ1n) is 6.12. The molecule has 0 fully saturated rings. The second-order valence-electron chi connectivity index (χ2n) is 3.89. The number of methoxy groups -OCH3 is 1. The molecule has 5 heteroatoms. The molecule has 0 aliphatic heterocycles. The molecule has 1 aromatic heterocycles. The summed E-state index contributed by atoms with van der Waals surface area (Å²) in [7, 11) is 1.67. The van der Waals surface area contributed by atoms with E-state index in [1.165, 1.54) is 0 Å². The van der Waals surface area contributed by atoms with Crippen LogP contribution in [0.15, 0.2) is 34.1 Å². The maximum atomic E-state index is 8.74. The Morgan fingerprint density at radius 3 is 3.05 bits per heavy atom. The number of aliphatic hydroxyl groups is 1. The van der Waals surface area contributed by atoms with E-state index >= 15 is 0 Å². The fourth-order valence-corrected chi connectivity index (χ4v) is 3.23. The quantitative estimate of drug-likeness (QED) is 0.680. The summed E-state index contributed by atoms with van der Waals surface area (Å²) in [5, 5.41) is 10.7. The van der Waals surface area contributed by atoms with E-state index in [2.05, 4.69) is 16.8 Å². The predicted octanol–water partition coefficient (Wildman–Crippen LogP) is 3.18. The Hall–Kier alpha value is -1.48. The summed E-state index contributed by atoms with van der Waals surface area (Å²) in [5.74, 6) is 7.63. The highest BCUT2D eigenvalue weighted by Crippen LogP contribution is 2.29. The molecule has 0 saturated carbocycles. The predicted molar refractivity (Wildman–Crippen MR) is 83.2 cm³/mol. The molecule has 0 saturated heterocycles. The van der Waals surface area contributed by atoms with Crippen LogP contribution in [0.5, 0.6) is 5.75 Å². The van der Waals surface area contributed by atoms with Crippen LogP contribution in [0.2, 0.25) is 0 Å². The van der Waals surface area contributed by atoms with Gasteiger partial charge in [0.05, 0.1) is 13.7 Å². The lowest BCUT2D eigenvalue weighted by Crippen LogP contribution is -1.91. The van der Waals surface area contributed by atoms with E-state index in [-0.39, 0.29) is 6.61 Å². The number of hydrogen-bond acceptors (Lipinski definition) is 5. The number of thioether (sulfide) groups is 1. The average Bonchev–Trinajstić information content (AvgIpc) is 2.99. The fraction of sp³-hybridized carbons (Fsp3) is 0.267. The molecule has 1 aromatic carbocycles. The number of aliphatic hydroxyl groups excluding tert-OH is 1. The van der Waals surface area contributed by atoms with Crippen molar-refractivity contribution in [1.82, 2.24) is 4.98 Å². The van der Waals surface area contributed by atoms with Gasteiger partial charge in [-0.3, -0.25) is 0 Å². The summed E-state index contributed by atoms with van der Waals surface area (Å²) in [6.07, 6.45) is 2.30. The van der Waals surface area contributed by atoms with Crippen LogP contribution in [-0.4, -0.2) is 23.8 Å². The summed E-state index contributed by atoms with van der Waals surface area (Å²) < 4.78 is 6.42. The molecule has 0 atom stereocenters. The molecule has 0 aliphatic carbocycles. The zero-order chi connectivity index (χ0) is 14.2. The van der Waals surface area contributed by atoms with E-state index in [9.17, 15) is 0 Å². The Kier molecular flexibility index (Phi) is 5.93. The molecule has 0 amide bonds. The van der Waals surface area contributed by atoms with E-state index < -0.39 is 0 Å². The minimum atomic E-state index is 0.0932. The van der Waals surface area contributed by atoms with Gasteiger partial charge in [-0.15, -0.1) is 11.3 Å². The standard InChI is InChI=1S/C15H15NO2S2/c1-18-14-6-5-12(4-2-3-8-17)10-13(14)11-20-15-16-7-9-19-15/h5-7,9-10,17H,3,8,11H2,1H3. The first kappa shape index (κ1) is 14.9. The third kappa shape index (κ3) is 4.27. The molecule has 0 spiro atoms. The van der Waals surface area contributed by atoms with Crippen LogP contribution in [-0.2, 0) is 5.75 Å². The smallest absolute Gasteiger partial charge is 0.150 e. The lowest BCUT2D eigenvalue weighted by molar-refractivity contribution is 0.305. The van der Waals surface area contributed by atoms with Crippen LogP contribution in [0.4, 0.5) is 0 Å². The second kappa shape index (κ2) is 7.95. The molecule has 1 heterocycles. The monoisotopic (exact) mass is 305 g/mol. The Morgan fingerprint density at radius 2 is 2.35 bits per heavy atom. The molecule has 0 bridgehead atoms. The van der Waals surface area contributed by atoms with Crippen molar-refractivity contribution >= 4 is 23.1 Å². The highest BCUT2D eigenvalue weighted by atomic mass is 32.2. The van der Waals surface area contributed by atoms with Gasteiger partial charge in [-0.25, -0.2) is 4.98 Å². The SMILES string of the molecule is COc1ccc(C#CCCO)cc1CSc1nccs1. The summed E-state index contributed by atoms with van der Waals surface area (Å²) in [6.45, 7) is 0.0932. The number of aromatic nitrogens is 1. The zero-order valence-corrected chi connectivity index (χ0v) is 12.8. The van der Waals surface area contributed by atoms with Crippen LogP contribution in [0, 0.1) is 11.8 Å². The van der Waals surface area contributed by atoms with Gasteiger partial charge in [0.1, 0.15) is 10.1 Å². The van der Waals surface area contributed by atoms with Gasteiger partial charge in [0, 0.05) is 34.9 Å². The van der Waals surface area contributed by atoms with E-state index in [0.717, 1.165) is 27.0 Å². The molecule has 2 aromatic rings. The Bertz CT molecular complexity index is 600. The molecule has 1 N–H and O–H groups in total. The molecule has 0 aliphatic rings. The van der Waals surface area contributed by atoms with Gasteiger partial charge < -0.3 is 9.84 Å². The number of nitrogens with zero attached hydrogens (tertiary/aromatic N) is 1. The summed E-state index contributed by atoms with van der Waals surface area (Å²) >= 11 is 3.32. The minimum Gasteiger partial charge on any atom is -0.496 e. The number of hydrogen-bond donors (Lipinski definition) is 1. The van der Waals surface area contributed by atoms with Crippen molar-refractivity contribution in [3.63, 3.8) is 0 Å². The molecule has 104 valence electrons. The van der Waals surface area contributed by atoms with Gasteiger partial charge in [0.2, 0.25) is 0 Å². The van der Waals surface area contributed by atoms with Crippen LogP contribution in [0.3, 0.4) is 0 Å². The lowest BCUT2D eigenvalue weighted by atomic mass is 10.1. The third-order valence-electron chi connectivity index (χ3n) is 2.51. The van der Waals surface area contributed by atoms with Crippen LogP contribution in [0.1, 0.15) is 17.5 Å². The van der Waals surface area contributed by atoms with Gasteiger partial charge in [0.15, 0.2) is 0 Å². The van der Waals surface area contributed by atoms with E-state index in [1.54, 1.807) is 36.4 Å². The lowest BCUT2D eigenvalue weighted by Gasteiger charge is -2.08. The number of thiazole rings is 1. The topological polar surface area (TPSA) is 42.4 Å². The first-order chi connectivity index (χ1) is 9.83. The van der Waals surface area contributed by atoms with Gasteiger partial charge >= 0.3 is 0 Å². The molecule has 20 heavy (non-hydrogen) atoms. The largest absolute Gasteiger partial charge is 0.496 e. The number of ether oxygens (including phenoxy) is 1. The van der Waals surface area contributed by atoms with Crippen molar-refractivity contribution in [3.05, 3.63) is 40.9 Å². The molecule has 2 rings (SSSR count). The number of rotatable bonds is 5. The highest BCUT2D eigenvalue weighted by Gasteiger charge is 2.06. The van der Waals surface area contributed by atoms with Crippen LogP contribution >= 0.6 is 23.1 Å². The second-order valence-corrected chi connectivity index (χ2v) is 6.01. The van der Waals surface area contributed by atoms with Crippen molar-refractivity contribution < 1.29 is 9.84 Å². The fourth-order valence-electron chi connectivity index (χ4n) is 1.61. The van der Waals surface area contributed by atoms with Crippen molar-refractivity contribution in [2.75, 3.05) is 13.7 Å². The van der Waals surface area contributed by atoms with Crippen molar-refractivity contribution in [2.24, 2.45) is 0 Å². The van der Waals surface area contributed by atoms with Crippen molar-refractivity contribution in [3.8, 4) is 17.6 Å². The normalized spacial score (nSPS) is 9.90. The van der Waals surface area contributed by atoms with E-state index in [1.807, 2.05) is 23.6 Å².